The van der Waals surface area contributed by atoms with E-state index in [9.17, 15) is 23.1 Å². The normalized spacial score (nSPS) is 17.7. The van der Waals surface area contributed by atoms with Gasteiger partial charge in [0.25, 0.3) is 0 Å². The molecule has 0 aromatic carbocycles. The van der Waals surface area contributed by atoms with Gasteiger partial charge in [-0.05, 0) is 25.0 Å². The van der Waals surface area contributed by atoms with Gasteiger partial charge in [0, 0.05) is 19.4 Å². The number of hydrogen-bond donors (Lipinski definition) is 2. The van der Waals surface area contributed by atoms with E-state index in [1.807, 2.05) is 0 Å². The summed E-state index contributed by atoms with van der Waals surface area (Å²) in [6.07, 6.45) is 6.66. The number of sulfonamides is 1. The molecule has 0 saturated heterocycles. The maximum Gasteiger partial charge on any atom is 0.329 e. The molecule has 1 aliphatic rings. The average Bonchev–Trinajstić information content (AvgIpc) is 2.82. The standard InChI is InChI=1S/C16H23N3O5S/c1-19(25(23,24)13-7-6-10-17-11-13)12-14(20)18-16(15(21)22)8-4-2-3-5-9-16/h6-7,10-11H,2-5,8-9,12H2,1H3,(H,18,20)(H,21,22). The third kappa shape index (κ3) is 4.55. The molecule has 0 atom stereocenters. The van der Waals surface area contributed by atoms with Crippen LogP contribution in [0, 0.1) is 0 Å². The number of pyridine rings is 1. The minimum absolute atomic E-state index is 0.0206. The third-order valence-corrected chi connectivity index (χ3v) is 6.24. The first-order chi connectivity index (χ1) is 11.8. The Hall–Kier alpha value is -2.00. The molecule has 2 N–H and O–H groups in total. The van der Waals surface area contributed by atoms with E-state index in [2.05, 4.69) is 10.3 Å². The van der Waals surface area contributed by atoms with Crippen LogP contribution in [0.25, 0.3) is 0 Å². The molecule has 1 saturated carbocycles. The summed E-state index contributed by atoms with van der Waals surface area (Å²) >= 11 is 0. The molecule has 138 valence electrons. The Kier molecular flexibility index (Phi) is 6.12. The molecule has 1 aliphatic carbocycles. The van der Waals surface area contributed by atoms with E-state index in [-0.39, 0.29) is 4.90 Å². The minimum Gasteiger partial charge on any atom is -0.480 e. The van der Waals surface area contributed by atoms with Gasteiger partial charge in [0.15, 0.2) is 0 Å². The number of rotatable bonds is 6. The summed E-state index contributed by atoms with van der Waals surface area (Å²) < 4.78 is 25.7. The van der Waals surface area contributed by atoms with Gasteiger partial charge in [-0.15, -0.1) is 0 Å². The fraction of sp³-hybridized carbons (Fsp3) is 0.562. The van der Waals surface area contributed by atoms with Crippen molar-refractivity contribution in [3.63, 3.8) is 0 Å². The summed E-state index contributed by atoms with van der Waals surface area (Å²) in [6, 6.07) is 2.88. The Bertz CT molecular complexity index is 713. The first-order valence-electron chi connectivity index (χ1n) is 8.19. The van der Waals surface area contributed by atoms with Crippen molar-refractivity contribution in [3.8, 4) is 0 Å². The molecular weight excluding hydrogens is 346 g/mol. The number of likely N-dealkylation sites (N-methyl/N-ethyl adjacent to an activating group) is 1. The van der Waals surface area contributed by atoms with E-state index in [1.165, 1.54) is 31.6 Å². The second kappa shape index (κ2) is 7.92. The van der Waals surface area contributed by atoms with Crippen LogP contribution >= 0.6 is 0 Å². The zero-order valence-electron chi connectivity index (χ0n) is 14.1. The highest BCUT2D eigenvalue weighted by atomic mass is 32.2. The number of amides is 1. The maximum atomic E-state index is 12.4. The Labute approximate surface area is 147 Å². The topological polar surface area (TPSA) is 117 Å². The van der Waals surface area contributed by atoms with Crippen LogP contribution in [0.5, 0.6) is 0 Å². The molecule has 2 rings (SSSR count). The Morgan fingerprint density at radius 2 is 1.92 bits per heavy atom. The molecule has 0 bridgehead atoms. The van der Waals surface area contributed by atoms with Gasteiger partial charge in [0.1, 0.15) is 10.4 Å². The summed E-state index contributed by atoms with van der Waals surface area (Å²) in [6.45, 7) is -0.452. The van der Waals surface area contributed by atoms with E-state index in [0.717, 1.165) is 30.0 Å². The van der Waals surface area contributed by atoms with Crippen molar-refractivity contribution in [2.45, 2.75) is 49.0 Å². The Morgan fingerprint density at radius 3 is 2.44 bits per heavy atom. The lowest BCUT2D eigenvalue weighted by Gasteiger charge is -2.30. The number of nitrogens with zero attached hydrogens (tertiary/aromatic N) is 2. The fourth-order valence-electron chi connectivity index (χ4n) is 3.00. The number of carbonyl (C=O) groups is 2. The molecule has 0 unspecified atom stereocenters. The number of nitrogens with one attached hydrogen (secondary N) is 1. The molecular formula is C16H23N3O5S. The summed E-state index contributed by atoms with van der Waals surface area (Å²) in [7, 11) is -2.58. The van der Waals surface area contributed by atoms with Gasteiger partial charge in [-0.3, -0.25) is 9.78 Å². The monoisotopic (exact) mass is 369 g/mol. The predicted octanol–water partition coefficient (Wildman–Crippen LogP) is 0.996. The summed E-state index contributed by atoms with van der Waals surface area (Å²) in [4.78, 5) is 27.8. The summed E-state index contributed by atoms with van der Waals surface area (Å²) in [5, 5.41) is 12.1. The number of hydrogen-bond acceptors (Lipinski definition) is 5. The van der Waals surface area contributed by atoms with E-state index in [1.54, 1.807) is 0 Å². The number of carboxylic acid groups (broad SMARTS) is 1. The first kappa shape index (κ1) is 19.3. The molecule has 0 aliphatic heterocycles. The first-order valence-corrected chi connectivity index (χ1v) is 9.63. The van der Waals surface area contributed by atoms with Crippen molar-refractivity contribution in [1.82, 2.24) is 14.6 Å². The van der Waals surface area contributed by atoms with Crippen LogP contribution in [-0.2, 0) is 19.6 Å². The van der Waals surface area contributed by atoms with Crippen molar-refractivity contribution >= 4 is 21.9 Å². The SMILES string of the molecule is CN(CC(=O)NC1(C(=O)O)CCCCCC1)S(=O)(=O)c1cccnc1. The van der Waals surface area contributed by atoms with E-state index in [4.69, 9.17) is 0 Å². The maximum absolute atomic E-state index is 12.4. The molecule has 1 fully saturated rings. The highest BCUT2D eigenvalue weighted by Gasteiger charge is 2.40. The Balaban J connectivity index is 2.09. The van der Waals surface area contributed by atoms with Crippen molar-refractivity contribution in [2.75, 3.05) is 13.6 Å². The zero-order chi connectivity index (χ0) is 18.5. The van der Waals surface area contributed by atoms with Crippen molar-refractivity contribution in [1.29, 1.82) is 0 Å². The lowest BCUT2D eigenvalue weighted by molar-refractivity contribution is -0.148. The molecule has 1 aromatic heterocycles. The average molecular weight is 369 g/mol. The number of aromatic nitrogens is 1. The van der Waals surface area contributed by atoms with Crippen LogP contribution in [0.3, 0.4) is 0 Å². The number of carboxylic acids is 1. The second-order valence-electron chi connectivity index (χ2n) is 6.30. The van der Waals surface area contributed by atoms with Crippen LogP contribution in [0.15, 0.2) is 29.4 Å². The van der Waals surface area contributed by atoms with Gasteiger partial charge in [0.2, 0.25) is 15.9 Å². The van der Waals surface area contributed by atoms with Gasteiger partial charge in [-0.25, -0.2) is 13.2 Å². The summed E-state index contributed by atoms with van der Waals surface area (Å²) in [5.41, 5.74) is -1.31. The second-order valence-corrected chi connectivity index (χ2v) is 8.34. The van der Waals surface area contributed by atoms with Gasteiger partial charge >= 0.3 is 5.97 Å². The molecule has 9 heteroatoms. The molecule has 0 radical (unpaired) electrons. The highest BCUT2D eigenvalue weighted by molar-refractivity contribution is 7.89. The van der Waals surface area contributed by atoms with Gasteiger partial charge in [-0.1, -0.05) is 25.7 Å². The largest absolute Gasteiger partial charge is 0.480 e. The summed E-state index contributed by atoms with van der Waals surface area (Å²) in [5.74, 6) is -1.69. The van der Waals surface area contributed by atoms with Crippen LogP contribution in [0.4, 0.5) is 0 Å². The Morgan fingerprint density at radius 1 is 1.28 bits per heavy atom. The molecule has 1 amide bonds. The molecule has 8 nitrogen and oxygen atoms in total. The fourth-order valence-corrected chi connectivity index (χ4v) is 4.09. The van der Waals surface area contributed by atoms with Gasteiger partial charge in [-0.2, -0.15) is 4.31 Å². The number of aliphatic carboxylic acids is 1. The van der Waals surface area contributed by atoms with Crippen LogP contribution in [-0.4, -0.2) is 53.8 Å². The quantitative estimate of drug-likeness (QED) is 0.723. The highest BCUT2D eigenvalue weighted by Crippen LogP contribution is 2.27. The molecule has 1 aromatic rings. The van der Waals surface area contributed by atoms with E-state index < -0.39 is 34.0 Å². The van der Waals surface area contributed by atoms with Crippen molar-refractivity contribution in [3.05, 3.63) is 24.5 Å². The third-order valence-electron chi connectivity index (χ3n) is 4.45. The lowest BCUT2D eigenvalue weighted by atomic mass is 9.90. The lowest BCUT2D eigenvalue weighted by Crippen LogP contribution is -2.56. The van der Waals surface area contributed by atoms with Crippen LogP contribution < -0.4 is 5.32 Å². The molecule has 1 heterocycles. The predicted molar refractivity (Wildman–Crippen MR) is 90.3 cm³/mol. The minimum atomic E-state index is -3.86. The molecule has 0 spiro atoms. The van der Waals surface area contributed by atoms with E-state index in [0.29, 0.717) is 12.8 Å². The van der Waals surface area contributed by atoms with E-state index >= 15 is 0 Å². The van der Waals surface area contributed by atoms with Gasteiger partial charge in [0.05, 0.1) is 6.54 Å². The molecule has 25 heavy (non-hydrogen) atoms. The van der Waals surface area contributed by atoms with Crippen molar-refractivity contribution < 1.29 is 23.1 Å². The van der Waals surface area contributed by atoms with Crippen LogP contribution in [0.1, 0.15) is 38.5 Å². The van der Waals surface area contributed by atoms with Crippen LogP contribution in [0.2, 0.25) is 0 Å². The smallest absolute Gasteiger partial charge is 0.329 e. The zero-order valence-corrected chi connectivity index (χ0v) is 15.0. The van der Waals surface area contributed by atoms with Gasteiger partial charge < -0.3 is 10.4 Å². The van der Waals surface area contributed by atoms with Crippen molar-refractivity contribution in [2.24, 2.45) is 0 Å². The number of carbonyl (C=O) groups excluding carboxylic acids is 1.